The third-order valence-electron chi connectivity index (χ3n) is 7.41. The second-order valence-electron chi connectivity index (χ2n) is 10.4. The largest absolute Gasteiger partial charge is 0.483 e. The lowest BCUT2D eigenvalue weighted by molar-refractivity contribution is -0.138. The zero-order valence-electron chi connectivity index (χ0n) is 23.2. The number of benzene rings is 3. The predicted molar refractivity (Wildman–Crippen MR) is 164 cm³/mol. The number of hydrogen-bond donors (Lipinski definition) is 2. The van der Waals surface area contributed by atoms with Crippen LogP contribution in [0.25, 0.3) is 0 Å². The van der Waals surface area contributed by atoms with Crippen molar-refractivity contribution < 1.29 is 45.5 Å². The molecule has 47 heavy (non-hydrogen) atoms. The second kappa shape index (κ2) is 12.2. The number of rotatable bonds is 6. The van der Waals surface area contributed by atoms with Gasteiger partial charge in [0, 0.05) is 26.5 Å². The van der Waals surface area contributed by atoms with Crippen molar-refractivity contribution >= 4 is 68.1 Å². The Hall–Kier alpha value is -4.09. The van der Waals surface area contributed by atoms with Gasteiger partial charge in [0.2, 0.25) is 11.8 Å². The van der Waals surface area contributed by atoms with Gasteiger partial charge in [0.15, 0.2) is 6.61 Å². The second-order valence-corrected chi connectivity index (χ2v) is 13.5. The van der Waals surface area contributed by atoms with E-state index >= 15 is 0 Å². The smallest absolute Gasteiger partial charge is 0.418 e. The van der Waals surface area contributed by atoms with Gasteiger partial charge in [-0.2, -0.15) is 26.3 Å². The van der Waals surface area contributed by atoms with E-state index < -0.39 is 75.5 Å². The highest BCUT2D eigenvalue weighted by molar-refractivity contribution is 9.10. The summed E-state index contributed by atoms with van der Waals surface area (Å²) in [5.41, 5.74) is -2.67. The van der Waals surface area contributed by atoms with Crippen molar-refractivity contribution in [3.8, 4) is 5.75 Å². The molecule has 1 fully saturated rings. The van der Waals surface area contributed by atoms with Crippen LogP contribution in [0.15, 0.2) is 81.0 Å². The van der Waals surface area contributed by atoms with Gasteiger partial charge in [0.05, 0.1) is 27.8 Å². The first-order valence-corrected chi connectivity index (χ1v) is 16.0. The monoisotopic (exact) mass is 757 g/mol. The standard InChI is InChI=1S/C30H18BrF6N3O5S2/c31-14-8-9-19(45-12-20(41)38-15-5-3-4-13(10-15)29(32,33)34)16(11-14)21-22-24(46-25-23(21)47-28(44)39-25)27(43)40(26(22)42)18-7-2-1-6-17(18)30(35,36)37/h1-11,21-22,24H,12H2,(H,38,41)(H,39,44)/t21-,22-,24+/m0/s1. The Morgan fingerprint density at radius 1 is 0.936 bits per heavy atom. The fourth-order valence-electron chi connectivity index (χ4n) is 5.51. The van der Waals surface area contributed by atoms with Crippen molar-refractivity contribution in [3.63, 3.8) is 0 Å². The number of amides is 3. The summed E-state index contributed by atoms with van der Waals surface area (Å²) in [5, 5.41) is 1.36. The van der Waals surface area contributed by atoms with E-state index in [0.29, 0.717) is 14.2 Å². The lowest BCUT2D eigenvalue weighted by atomic mass is 9.82. The van der Waals surface area contributed by atoms with E-state index in [9.17, 15) is 45.5 Å². The Kier molecular flexibility index (Phi) is 8.50. The maximum atomic E-state index is 14.0. The number of thiazole rings is 1. The molecule has 3 atom stereocenters. The number of fused-ring (bicyclic) bond motifs is 2. The number of imide groups is 1. The molecule has 0 unspecified atom stereocenters. The van der Waals surface area contributed by atoms with E-state index in [1.165, 1.54) is 24.3 Å². The summed E-state index contributed by atoms with van der Waals surface area (Å²) in [5.74, 6) is -4.95. The van der Waals surface area contributed by atoms with Crippen LogP contribution >= 0.6 is 39.0 Å². The van der Waals surface area contributed by atoms with Crippen molar-refractivity contribution in [1.82, 2.24) is 4.98 Å². The van der Waals surface area contributed by atoms with E-state index in [0.717, 1.165) is 59.5 Å². The minimum Gasteiger partial charge on any atom is -0.483 e. The molecule has 4 aromatic rings. The third kappa shape index (κ3) is 6.30. The van der Waals surface area contributed by atoms with E-state index in [-0.39, 0.29) is 22.0 Å². The molecule has 0 bridgehead atoms. The average Bonchev–Trinajstić information content (AvgIpc) is 3.49. The molecular formula is C30H18BrF6N3O5S2. The number of nitrogens with one attached hydrogen (secondary N) is 2. The Morgan fingerprint density at radius 3 is 2.40 bits per heavy atom. The Balaban J connectivity index is 1.35. The SMILES string of the molecule is O=C(COc1ccc(Br)cc1[C@@H]1c2sc(=O)[nH]c2S[C@H]2C(=O)N(c3ccccc3C(F)(F)F)C(=O)[C@@H]12)Nc1cccc(C(F)(F)F)c1. The van der Waals surface area contributed by atoms with Crippen LogP contribution in [-0.2, 0) is 26.7 Å². The van der Waals surface area contributed by atoms with Crippen LogP contribution < -0.4 is 19.8 Å². The van der Waals surface area contributed by atoms with Crippen molar-refractivity contribution in [2.24, 2.45) is 5.92 Å². The van der Waals surface area contributed by atoms with Gasteiger partial charge in [-0.15, -0.1) is 0 Å². The van der Waals surface area contributed by atoms with Crippen molar-refractivity contribution in [1.29, 1.82) is 0 Å². The number of aromatic amines is 1. The first-order chi connectivity index (χ1) is 22.1. The summed E-state index contributed by atoms with van der Waals surface area (Å²) >= 11 is 4.97. The molecule has 2 N–H and O–H groups in total. The molecule has 17 heteroatoms. The molecule has 6 rings (SSSR count). The summed E-state index contributed by atoms with van der Waals surface area (Å²) in [6.45, 7) is -0.686. The third-order valence-corrected chi connectivity index (χ3v) is 10.3. The Labute approximate surface area is 277 Å². The maximum Gasteiger partial charge on any atom is 0.418 e. The first-order valence-electron chi connectivity index (χ1n) is 13.5. The fourth-order valence-corrected chi connectivity index (χ4v) is 8.39. The van der Waals surface area contributed by atoms with Crippen LogP contribution in [0.1, 0.15) is 27.5 Å². The van der Waals surface area contributed by atoms with Crippen molar-refractivity contribution in [3.05, 3.63) is 102 Å². The molecule has 0 radical (unpaired) electrons. The zero-order chi connectivity index (χ0) is 33.8. The van der Waals surface area contributed by atoms with Crippen LogP contribution in [0.2, 0.25) is 0 Å². The zero-order valence-corrected chi connectivity index (χ0v) is 26.5. The molecule has 0 saturated carbocycles. The quantitative estimate of drug-likeness (QED) is 0.161. The molecule has 0 spiro atoms. The number of carbonyl (C=O) groups is 3. The molecule has 1 saturated heterocycles. The highest BCUT2D eigenvalue weighted by Crippen LogP contribution is 2.55. The Bertz CT molecular complexity index is 1980. The van der Waals surface area contributed by atoms with Crippen LogP contribution in [0.5, 0.6) is 5.75 Å². The molecule has 2 aliphatic rings. The van der Waals surface area contributed by atoms with E-state index in [1.807, 2.05) is 0 Å². The number of ether oxygens (including phenoxy) is 1. The number of aromatic nitrogens is 1. The van der Waals surface area contributed by atoms with E-state index in [4.69, 9.17) is 4.74 Å². The summed E-state index contributed by atoms with van der Waals surface area (Å²) in [7, 11) is 0. The molecule has 8 nitrogen and oxygen atoms in total. The molecule has 3 amide bonds. The fraction of sp³-hybridized carbons (Fsp3) is 0.200. The Morgan fingerprint density at radius 2 is 1.68 bits per heavy atom. The summed E-state index contributed by atoms with van der Waals surface area (Å²) in [6, 6.07) is 12.7. The van der Waals surface area contributed by atoms with E-state index in [2.05, 4.69) is 26.2 Å². The normalized spacial score (nSPS) is 19.4. The number of H-pyrrole nitrogens is 1. The van der Waals surface area contributed by atoms with Gasteiger partial charge in [-0.25, -0.2) is 4.90 Å². The van der Waals surface area contributed by atoms with Crippen LogP contribution in [0, 0.1) is 5.92 Å². The van der Waals surface area contributed by atoms with Gasteiger partial charge in [-0.05, 0) is 48.5 Å². The van der Waals surface area contributed by atoms with Crippen molar-refractivity contribution in [2.75, 3.05) is 16.8 Å². The van der Waals surface area contributed by atoms with Gasteiger partial charge in [-0.1, -0.05) is 57.2 Å². The summed E-state index contributed by atoms with van der Waals surface area (Å²) < 4.78 is 87.4. The van der Waals surface area contributed by atoms with Gasteiger partial charge >= 0.3 is 17.2 Å². The topological polar surface area (TPSA) is 109 Å². The van der Waals surface area contributed by atoms with Crippen molar-refractivity contribution in [2.45, 2.75) is 28.5 Å². The first kappa shape index (κ1) is 32.8. The minimum atomic E-state index is -4.87. The number of alkyl halides is 6. The van der Waals surface area contributed by atoms with Crippen LogP contribution in [-0.4, -0.2) is 34.6 Å². The average molecular weight is 759 g/mol. The molecule has 244 valence electrons. The van der Waals surface area contributed by atoms with Crippen LogP contribution in [0.3, 0.4) is 0 Å². The maximum absolute atomic E-state index is 14.0. The van der Waals surface area contributed by atoms with Crippen LogP contribution in [0.4, 0.5) is 37.7 Å². The van der Waals surface area contributed by atoms with E-state index in [1.54, 1.807) is 6.07 Å². The lowest BCUT2D eigenvalue weighted by Gasteiger charge is -2.31. The molecule has 2 aliphatic heterocycles. The summed E-state index contributed by atoms with van der Waals surface area (Å²) in [4.78, 5) is 55.9. The number of hydrogen-bond acceptors (Lipinski definition) is 7. The highest BCUT2D eigenvalue weighted by Gasteiger charge is 2.57. The number of carbonyl (C=O) groups excluding carboxylic acids is 3. The molecular weight excluding hydrogens is 740 g/mol. The van der Waals surface area contributed by atoms with Gasteiger partial charge < -0.3 is 15.0 Å². The lowest BCUT2D eigenvalue weighted by Crippen LogP contribution is -2.33. The number of para-hydroxylation sites is 1. The van der Waals surface area contributed by atoms with Gasteiger partial charge in [-0.3, -0.25) is 19.2 Å². The molecule has 1 aromatic heterocycles. The number of thioether (sulfide) groups is 1. The molecule has 3 aromatic carbocycles. The molecule has 0 aliphatic carbocycles. The minimum absolute atomic E-state index is 0.0317. The molecule has 3 heterocycles. The summed E-state index contributed by atoms with van der Waals surface area (Å²) in [6.07, 6.45) is -9.51. The number of halogens is 7. The van der Waals surface area contributed by atoms with Gasteiger partial charge in [0.25, 0.3) is 5.91 Å². The highest BCUT2D eigenvalue weighted by atomic mass is 79.9. The number of anilines is 2. The predicted octanol–water partition coefficient (Wildman–Crippen LogP) is 7.05. The van der Waals surface area contributed by atoms with Gasteiger partial charge in [0.1, 0.15) is 11.0 Å². The number of nitrogens with zero attached hydrogens (tertiary/aromatic N) is 1.